The Bertz CT molecular complexity index is 424. The van der Waals surface area contributed by atoms with Gasteiger partial charge in [0.05, 0.1) is 5.92 Å². The van der Waals surface area contributed by atoms with Gasteiger partial charge in [-0.2, -0.15) is 0 Å². The number of carbonyl (C=O) groups is 2. The molecule has 1 aliphatic carbocycles. The predicted molar refractivity (Wildman–Crippen MR) is 66.6 cm³/mol. The van der Waals surface area contributed by atoms with Crippen molar-refractivity contribution in [3.05, 3.63) is 35.9 Å². The van der Waals surface area contributed by atoms with E-state index in [4.69, 9.17) is 4.74 Å². The molecule has 1 aromatic rings. The first-order chi connectivity index (χ1) is 8.65. The molecule has 0 radical (unpaired) electrons. The number of nitrogens with one attached hydrogen (secondary N) is 1. The van der Waals surface area contributed by atoms with Crippen LogP contribution >= 0.6 is 0 Å². The Morgan fingerprint density at radius 2 is 1.94 bits per heavy atom. The summed E-state index contributed by atoms with van der Waals surface area (Å²) in [5.41, 5.74) is 0.989. The van der Waals surface area contributed by atoms with Gasteiger partial charge in [-0.3, -0.25) is 9.59 Å². The Kier molecular flexibility index (Phi) is 3.97. The fourth-order valence-electron chi connectivity index (χ4n) is 2.06. The van der Waals surface area contributed by atoms with E-state index in [0.717, 1.165) is 5.56 Å². The van der Waals surface area contributed by atoms with Crippen LogP contribution in [0.3, 0.4) is 0 Å². The van der Waals surface area contributed by atoms with E-state index in [-0.39, 0.29) is 23.8 Å². The normalized spacial score (nSPS) is 21.8. The zero-order valence-electron chi connectivity index (χ0n) is 10.4. The molecule has 1 amide bonds. The van der Waals surface area contributed by atoms with Gasteiger partial charge in [0.2, 0.25) is 5.91 Å². The van der Waals surface area contributed by atoms with Gasteiger partial charge < -0.3 is 10.1 Å². The summed E-state index contributed by atoms with van der Waals surface area (Å²) < 4.78 is 5.23. The zero-order valence-corrected chi connectivity index (χ0v) is 10.4. The summed E-state index contributed by atoms with van der Waals surface area (Å²) in [6.07, 6.45) is 1.38. The molecule has 2 rings (SSSR count). The first-order valence-corrected chi connectivity index (χ1v) is 6.13. The highest BCUT2D eigenvalue weighted by molar-refractivity contribution is 5.76. The SMILES string of the molecule is CC(=O)NC1CC(C(=O)OCc2ccccc2)C1. The van der Waals surface area contributed by atoms with Gasteiger partial charge >= 0.3 is 5.97 Å². The molecule has 0 unspecified atom stereocenters. The summed E-state index contributed by atoms with van der Waals surface area (Å²) >= 11 is 0. The lowest BCUT2D eigenvalue weighted by Gasteiger charge is -2.33. The summed E-state index contributed by atoms with van der Waals surface area (Å²) in [6, 6.07) is 9.74. The summed E-state index contributed by atoms with van der Waals surface area (Å²) in [5, 5.41) is 2.79. The second kappa shape index (κ2) is 5.67. The van der Waals surface area contributed by atoms with Gasteiger partial charge in [0.1, 0.15) is 6.61 Å². The van der Waals surface area contributed by atoms with E-state index in [0.29, 0.717) is 19.4 Å². The first-order valence-electron chi connectivity index (χ1n) is 6.13. The fourth-order valence-corrected chi connectivity index (χ4v) is 2.06. The summed E-state index contributed by atoms with van der Waals surface area (Å²) in [7, 11) is 0. The predicted octanol–water partition coefficient (Wildman–Crippen LogP) is 1.64. The topological polar surface area (TPSA) is 55.4 Å². The number of hydrogen-bond acceptors (Lipinski definition) is 3. The van der Waals surface area contributed by atoms with E-state index in [2.05, 4.69) is 5.32 Å². The van der Waals surface area contributed by atoms with Crippen molar-refractivity contribution >= 4 is 11.9 Å². The lowest BCUT2D eigenvalue weighted by Crippen LogP contribution is -2.46. The number of amides is 1. The molecule has 1 N–H and O–H groups in total. The largest absolute Gasteiger partial charge is 0.461 e. The van der Waals surface area contributed by atoms with Crippen LogP contribution in [0, 0.1) is 5.92 Å². The molecule has 1 aromatic carbocycles. The van der Waals surface area contributed by atoms with Crippen LogP contribution in [-0.4, -0.2) is 17.9 Å². The zero-order chi connectivity index (χ0) is 13.0. The lowest BCUT2D eigenvalue weighted by atomic mass is 9.80. The van der Waals surface area contributed by atoms with Crippen LogP contribution in [0.25, 0.3) is 0 Å². The second-order valence-corrected chi connectivity index (χ2v) is 4.66. The van der Waals surface area contributed by atoms with Crippen LogP contribution in [-0.2, 0) is 20.9 Å². The van der Waals surface area contributed by atoms with E-state index in [1.54, 1.807) is 0 Å². The van der Waals surface area contributed by atoms with E-state index in [1.807, 2.05) is 30.3 Å². The molecule has 0 aromatic heterocycles. The Labute approximate surface area is 106 Å². The molecule has 4 nitrogen and oxygen atoms in total. The molecular formula is C14H17NO3. The molecular weight excluding hydrogens is 230 g/mol. The van der Waals surface area contributed by atoms with Crippen molar-refractivity contribution in [1.82, 2.24) is 5.32 Å². The minimum absolute atomic E-state index is 0.0453. The lowest BCUT2D eigenvalue weighted by molar-refractivity contribution is -0.154. The monoisotopic (exact) mass is 247 g/mol. The Morgan fingerprint density at radius 3 is 2.56 bits per heavy atom. The molecule has 96 valence electrons. The third kappa shape index (κ3) is 3.32. The number of ether oxygens (including phenoxy) is 1. The molecule has 0 aliphatic heterocycles. The van der Waals surface area contributed by atoms with Gasteiger partial charge in [0, 0.05) is 13.0 Å². The van der Waals surface area contributed by atoms with Gasteiger partial charge in [-0.1, -0.05) is 30.3 Å². The summed E-state index contributed by atoms with van der Waals surface area (Å²) in [6.45, 7) is 1.81. The van der Waals surface area contributed by atoms with Crippen molar-refractivity contribution in [2.75, 3.05) is 0 Å². The van der Waals surface area contributed by atoms with Gasteiger partial charge in [-0.15, -0.1) is 0 Å². The quantitative estimate of drug-likeness (QED) is 0.823. The average Bonchev–Trinajstić information content (AvgIpc) is 2.31. The molecule has 0 heterocycles. The highest BCUT2D eigenvalue weighted by Gasteiger charge is 2.35. The van der Waals surface area contributed by atoms with E-state index < -0.39 is 0 Å². The minimum Gasteiger partial charge on any atom is -0.461 e. The van der Waals surface area contributed by atoms with Crippen molar-refractivity contribution < 1.29 is 14.3 Å². The van der Waals surface area contributed by atoms with Gasteiger partial charge in [0.15, 0.2) is 0 Å². The standard InChI is InChI=1S/C14H17NO3/c1-10(16)15-13-7-12(8-13)14(17)18-9-11-5-3-2-4-6-11/h2-6,12-13H,7-9H2,1H3,(H,15,16). The number of benzene rings is 1. The Morgan fingerprint density at radius 1 is 1.28 bits per heavy atom. The van der Waals surface area contributed by atoms with Crippen LogP contribution in [0.1, 0.15) is 25.3 Å². The first kappa shape index (κ1) is 12.6. The van der Waals surface area contributed by atoms with Gasteiger partial charge in [-0.25, -0.2) is 0 Å². The maximum absolute atomic E-state index is 11.7. The Hall–Kier alpha value is -1.84. The second-order valence-electron chi connectivity index (χ2n) is 4.66. The van der Waals surface area contributed by atoms with E-state index >= 15 is 0 Å². The van der Waals surface area contributed by atoms with Crippen LogP contribution in [0.2, 0.25) is 0 Å². The number of hydrogen-bond donors (Lipinski definition) is 1. The molecule has 1 saturated carbocycles. The highest BCUT2D eigenvalue weighted by atomic mass is 16.5. The van der Waals surface area contributed by atoms with Crippen molar-refractivity contribution in [1.29, 1.82) is 0 Å². The summed E-state index contributed by atoms with van der Waals surface area (Å²) in [5.74, 6) is -0.276. The van der Waals surface area contributed by atoms with Crippen LogP contribution in [0.15, 0.2) is 30.3 Å². The van der Waals surface area contributed by atoms with E-state index in [9.17, 15) is 9.59 Å². The van der Waals surface area contributed by atoms with Gasteiger partial charge in [-0.05, 0) is 18.4 Å². The molecule has 0 spiro atoms. The number of esters is 1. The van der Waals surface area contributed by atoms with Crippen molar-refractivity contribution in [2.24, 2.45) is 5.92 Å². The summed E-state index contributed by atoms with van der Waals surface area (Å²) in [4.78, 5) is 22.5. The molecule has 1 fully saturated rings. The molecule has 0 atom stereocenters. The number of rotatable bonds is 4. The van der Waals surface area contributed by atoms with Crippen LogP contribution in [0.4, 0.5) is 0 Å². The smallest absolute Gasteiger partial charge is 0.309 e. The molecule has 0 bridgehead atoms. The molecule has 0 saturated heterocycles. The highest BCUT2D eigenvalue weighted by Crippen LogP contribution is 2.28. The Balaban J connectivity index is 1.70. The number of carbonyl (C=O) groups excluding carboxylic acids is 2. The minimum atomic E-state index is -0.166. The van der Waals surface area contributed by atoms with Crippen molar-refractivity contribution in [2.45, 2.75) is 32.4 Å². The van der Waals surface area contributed by atoms with Crippen molar-refractivity contribution in [3.63, 3.8) is 0 Å². The molecule has 1 aliphatic rings. The van der Waals surface area contributed by atoms with Crippen molar-refractivity contribution in [3.8, 4) is 0 Å². The third-order valence-corrected chi connectivity index (χ3v) is 3.10. The van der Waals surface area contributed by atoms with E-state index in [1.165, 1.54) is 6.92 Å². The maximum Gasteiger partial charge on any atom is 0.309 e. The molecule has 18 heavy (non-hydrogen) atoms. The van der Waals surface area contributed by atoms with Crippen LogP contribution < -0.4 is 5.32 Å². The fraction of sp³-hybridized carbons (Fsp3) is 0.429. The maximum atomic E-state index is 11.7. The van der Waals surface area contributed by atoms with Crippen LogP contribution in [0.5, 0.6) is 0 Å². The third-order valence-electron chi connectivity index (χ3n) is 3.10. The van der Waals surface area contributed by atoms with Gasteiger partial charge in [0.25, 0.3) is 0 Å². The molecule has 4 heteroatoms. The average molecular weight is 247 g/mol.